The summed E-state index contributed by atoms with van der Waals surface area (Å²) in [5.74, 6) is 0.118. The molecular weight excluding hydrogens is 364 g/mol. The van der Waals surface area contributed by atoms with Crippen LogP contribution in [0.4, 0.5) is 17.1 Å². The molecule has 2 aromatic rings. The van der Waals surface area contributed by atoms with Gasteiger partial charge < -0.3 is 19.6 Å². The van der Waals surface area contributed by atoms with Gasteiger partial charge in [0.2, 0.25) is 5.91 Å². The number of carbonyl (C=O) groups is 2. The van der Waals surface area contributed by atoms with Gasteiger partial charge in [-0.15, -0.1) is 0 Å². The predicted octanol–water partition coefficient (Wildman–Crippen LogP) is 2.84. The Morgan fingerprint density at radius 3 is 2.52 bits per heavy atom. The second kappa shape index (κ2) is 8.25. The minimum atomic E-state index is -0.0156. The molecule has 0 saturated carbocycles. The van der Waals surface area contributed by atoms with E-state index in [4.69, 9.17) is 0 Å². The van der Waals surface area contributed by atoms with E-state index in [0.29, 0.717) is 18.5 Å². The zero-order chi connectivity index (χ0) is 20.4. The first kappa shape index (κ1) is 19.5. The van der Waals surface area contributed by atoms with E-state index >= 15 is 0 Å². The first-order valence-electron chi connectivity index (χ1n) is 10.3. The molecule has 0 N–H and O–H groups in total. The normalized spacial score (nSPS) is 16.5. The average Bonchev–Trinajstić information content (AvgIpc) is 3.17. The van der Waals surface area contributed by atoms with Gasteiger partial charge in [-0.25, -0.2) is 0 Å². The molecule has 29 heavy (non-hydrogen) atoms. The molecule has 1 fully saturated rings. The lowest BCUT2D eigenvalue weighted by Crippen LogP contribution is -2.45. The molecule has 0 bridgehead atoms. The lowest BCUT2D eigenvalue weighted by Gasteiger charge is -2.38. The molecule has 0 atom stereocenters. The fourth-order valence-electron chi connectivity index (χ4n) is 4.07. The van der Waals surface area contributed by atoms with Crippen LogP contribution in [0.2, 0.25) is 0 Å². The van der Waals surface area contributed by atoms with Crippen molar-refractivity contribution in [2.24, 2.45) is 0 Å². The topological polar surface area (TPSA) is 47.1 Å². The molecule has 0 spiro atoms. The summed E-state index contributed by atoms with van der Waals surface area (Å²) in [5.41, 5.74) is 3.49. The molecule has 2 aliphatic heterocycles. The van der Waals surface area contributed by atoms with Gasteiger partial charge in [-0.05, 0) is 50.8 Å². The van der Waals surface area contributed by atoms with Crippen LogP contribution in [0, 0.1) is 0 Å². The van der Waals surface area contributed by atoms with Crippen LogP contribution in [0.25, 0.3) is 0 Å². The number of hydrogen-bond acceptors (Lipinski definition) is 4. The first-order valence-corrected chi connectivity index (χ1v) is 10.3. The van der Waals surface area contributed by atoms with Crippen LogP contribution in [-0.2, 0) is 4.79 Å². The number of likely N-dealkylation sites (N-methyl/N-ethyl adjacent to an activating group) is 1. The highest BCUT2D eigenvalue weighted by Gasteiger charge is 2.28. The Balaban J connectivity index is 1.59. The molecule has 2 amide bonds. The van der Waals surface area contributed by atoms with Crippen molar-refractivity contribution in [2.75, 3.05) is 61.5 Å². The second-order valence-corrected chi connectivity index (χ2v) is 7.94. The Kier molecular flexibility index (Phi) is 5.53. The largest absolute Gasteiger partial charge is 0.367 e. The molecule has 1 saturated heterocycles. The van der Waals surface area contributed by atoms with Crippen LogP contribution >= 0.6 is 0 Å². The summed E-state index contributed by atoms with van der Waals surface area (Å²) in [6.45, 7) is 4.08. The Morgan fingerprint density at radius 1 is 1.00 bits per heavy atom. The van der Waals surface area contributed by atoms with Gasteiger partial charge in [-0.1, -0.05) is 18.2 Å². The van der Waals surface area contributed by atoms with Gasteiger partial charge in [0.1, 0.15) is 0 Å². The third-order valence-corrected chi connectivity index (χ3v) is 5.65. The Hall–Kier alpha value is -2.86. The van der Waals surface area contributed by atoms with Crippen LogP contribution in [0.1, 0.15) is 23.2 Å². The number of anilines is 3. The van der Waals surface area contributed by atoms with Crippen LogP contribution in [0.5, 0.6) is 0 Å². The molecule has 0 aliphatic carbocycles. The summed E-state index contributed by atoms with van der Waals surface area (Å²) in [7, 11) is 4.15. The fourth-order valence-corrected chi connectivity index (χ4v) is 4.07. The van der Waals surface area contributed by atoms with E-state index in [9.17, 15) is 9.59 Å². The molecule has 4 rings (SSSR count). The smallest absolute Gasteiger partial charge is 0.258 e. The van der Waals surface area contributed by atoms with Crippen molar-refractivity contribution < 1.29 is 9.59 Å². The van der Waals surface area contributed by atoms with Crippen molar-refractivity contribution in [1.82, 2.24) is 4.90 Å². The van der Waals surface area contributed by atoms with E-state index in [-0.39, 0.29) is 11.8 Å². The fraction of sp³-hybridized carbons (Fsp3) is 0.391. The number of para-hydroxylation sites is 2. The maximum absolute atomic E-state index is 13.4. The molecule has 2 aromatic carbocycles. The zero-order valence-corrected chi connectivity index (χ0v) is 17.2. The van der Waals surface area contributed by atoms with Gasteiger partial charge in [0.05, 0.1) is 11.4 Å². The minimum Gasteiger partial charge on any atom is -0.367 e. The maximum atomic E-state index is 13.4. The number of fused-ring (bicyclic) bond motifs is 1. The monoisotopic (exact) mass is 392 g/mol. The van der Waals surface area contributed by atoms with Crippen LogP contribution in [0.15, 0.2) is 48.5 Å². The Bertz CT molecular complexity index is 911. The van der Waals surface area contributed by atoms with E-state index in [2.05, 4.69) is 30.0 Å². The number of rotatable bonds is 5. The molecule has 152 valence electrons. The van der Waals surface area contributed by atoms with Crippen molar-refractivity contribution in [3.63, 3.8) is 0 Å². The average molecular weight is 393 g/mol. The predicted molar refractivity (Wildman–Crippen MR) is 117 cm³/mol. The van der Waals surface area contributed by atoms with Gasteiger partial charge in [0, 0.05) is 50.4 Å². The van der Waals surface area contributed by atoms with Gasteiger partial charge >= 0.3 is 0 Å². The van der Waals surface area contributed by atoms with E-state index in [1.165, 1.54) is 0 Å². The maximum Gasteiger partial charge on any atom is 0.258 e. The summed E-state index contributed by atoms with van der Waals surface area (Å²) in [5, 5.41) is 0. The Labute approximate surface area is 172 Å². The van der Waals surface area contributed by atoms with Crippen LogP contribution < -0.4 is 14.7 Å². The van der Waals surface area contributed by atoms with Gasteiger partial charge in [-0.3, -0.25) is 9.59 Å². The van der Waals surface area contributed by atoms with E-state index in [0.717, 1.165) is 49.7 Å². The number of amides is 2. The highest BCUT2D eigenvalue weighted by Crippen LogP contribution is 2.34. The van der Waals surface area contributed by atoms with E-state index in [1.807, 2.05) is 47.4 Å². The summed E-state index contributed by atoms with van der Waals surface area (Å²) >= 11 is 0. The third kappa shape index (κ3) is 3.98. The molecule has 0 aromatic heterocycles. The highest BCUT2D eigenvalue weighted by atomic mass is 16.2. The van der Waals surface area contributed by atoms with Crippen molar-refractivity contribution in [3.8, 4) is 0 Å². The minimum absolute atomic E-state index is 0.0156. The van der Waals surface area contributed by atoms with Gasteiger partial charge in [-0.2, -0.15) is 0 Å². The van der Waals surface area contributed by atoms with Crippen LogP contribution in [-0.4, -0.2) is 63.5 Å². The molecule has 0 radical (unpaired) electrons. The first-order chi connectivity index (χ1) is 14.0. The number of benzene rings is 2. The van der Waals surface area contributed by atoms with Crippen molar-refractivity contribution >= 4 is 28.9 Å². The lowest BCUT2D eigenvalue weighted by atomic mass is 10.1. The van der Waals surface area contributed by atoms with Crippen molar-refractivity contribution in [3.05, 3.63) is 54.1 Å². The molecule has 6 heteroatoms. The Morgan fingerprint density at radius 2 is 1.79 bits per heavy atom. The molecule has 6 nitrogen and oxygen atoms in total. The SMILES string of the molecule is CN(C)CCN1CCN(C(=O)c2cccc(N3CCCC3=O)c2)c2ccccc21. The van der Waals surface area contributed by atoms with Gasteiger partial charge in [0.15, 0.2) is 0 Å². The van der Waals surface area contributed by atoms with Crippen LogP contribution in [0.3, 0.4) is 0 Å². The molecule has 2 heterocycles. The zero-order valence-electron chi connectivity index (χ0n) is 17.2. The second-order valence-electron chi connectivity index (χ2n) is 7.94. The summed E-state index contributed by atoms with van der Waals surface area (Å²) in [6.07, 6.45) is 1.46. The highest BCUT2D eigenvalue weighted by molar-refractivity contribution is 6.09. The van der Waals surface area contributed by atoms with Crippen molar-refractivity contribution in [2.45, 2.75) is 12.8 Å². The summed E-state index contributed by atoms with van der Waals surface area (Å²) < 4.78 is 0. The lowest BCUT2D eigenvalue weighted by molar-refractivity contribution is -0.117. The number of nitrogens with zero attached hydrogens (tertiary/aromatic N) is 4. The summed E-state index contributed by atoms with van der Waals surface area (Å²) in [4.78, 5) is 33.6. The third-order valence-electron chi connectivity index (χ3n) is 5.65. The molecule has 2 aliphatic rings. The standard InChI is InChI=1S/C23H28N4O2/c1-24(2)13-14-25-15-16-27(21-10-4-3-9-20(21)25)23(29)18-7-5-8-19(17-18)26-12-6-11-22(26)28/h3-5,7-10,17H,6,11-16H2,1-2H3. The molecular formula is C23H28N4O2. The number of hydrogen-bond donors (Lipinski definition) is 0. The van der Waals surface area contributed by atoms with Gasteiger partial charge in [0.25, 0.3) is 5.91 Å². The number of carbonyl (C=O) groups excluding carboxylic acids is 2. The molecule has 0 unspecified atom stereocenters. The van der Waals surface area contributed by atoms with Crippen molar-refractivity contribution in [1.29, 1.82) is 0 Å². The summed E-state index contributed by atoms with van der Waals surface area (Å²) in [6, 6.07) is 15.6. The van der Waals surface area contributed by atoms with E-state index < -0.39 is 0 Å². The van der Waals surface area contributed by atoms with E-state index in [1.54, 1.807) is 4.90 Å². The quantitative estimate of drug-likeness (QED) is 0.785.